The van der Waals surface area contributed by atoms with Gasteiger partial charge in [-0.3, -0.25) is 4.90 Å². The van der Waals surface area contributed by atoms with Crippen molar-refractivity contribution in [2.75, 3.05) is 40.3 Å². The van der Waals surface area contributed by atoms with Gasteiger partial charge in [0, 0.05) is 19.0 Å². The molecule has 0 radical (unpaired) electrons. The fourth-order valence-electron chi connectivity index (χ4n) is 3.64. The predicted octanol–water partition coefficient (Wildman–Crippen LogP) is 1.99. The van der Waals surface area contributed by atoms with E-state index in [1.807, 2.05) is 13.0 Å². The number of likely N-dealkylation sites (tertiary alicyclic amines) is 1. The van der Waals surface area contributed by atoms with Gasteiger partial charge in [0.05, 0.1) is 19.3 Å². The molecule has 2 aliphatic heterocycles. The zero-order valence-electron chi connectivity index (χ0n) is 12.8. The Hall–Kier alpha value is -0.840. The van der Waals surface area contributed by atoms with Crippen LogP contribution in [0.2, 0.25) is 0 Å². The first kappa shape index (κ1) is 14.1. The molecule has 0 bridgehead atoms. The van der Waals surface area contributed by atoms with Crippen molar-refractivity contribution >= 4 is 0 Å². The molecule has 2 fully saturated rings. The van der Waals surface area contributed by atoms with Crippen molar-refractivity contribution in [3.63, 3.8) is 0 Å². The van der Waals surface area contributed by atoms with Crippen molar-refractivity contribution in [1.82, 2.24) is 9.80 Å². The quantitative estimate of drug-likeness (QED) is 0.842. The van der Waals surface area contributed by atoms with E-state index in [0.717, 1.165) is 50.2 Å². The standard InChI is InChI=1S/C16H26N2O2/c1-12-4-5-14(20-12)9-18-7-6-15-13(8-18)11-19-16(15)10-17(2)3/h4-5,13,15-16H,6-11H2,1-3H3/t13-,15-,16-/m0/s1. The maximum Gasteiger partial charge on any atom is 0.118 e. The minimum Gasteiger partial charge on any atom is -0.465 e. The van der Waals surface area contributed by atoms with Crippen LogP contribution in [0, 0.1) is 18.8 Å². The van der Waals surface area contributed by atoms with Crippen molar-refractivity contribution in [3.8, 4) is 0 Å². The van der Waals surface area contributed by atoms with Crippen LogP contribution in [0.5, 0.6) is 0 Å². The molecule has 0 N–H and O–H groups in total. The Bertz CT molecular complexity index is 443. The summed E-state index contributed by atoms with van der Waals surface area (Å²) in [4.78, 5) is 4.76. The highest BCUT2D eigenvalue weighted by molar-refractivity contribution is 5.05. The summed E-state index contributed by atoms with van der Waals surface area (Å²) in [6.07, 6.45) is 1.69. The van der Waals surface area contributed by atoms with Gasteiger partial charge in [0.25, 0.3) is 0 Å². The zero-order chi connectivity index (χ0) is 14.1. The summed E-state index contributed by atoms with van der Waals surface area (Å²) in [5, 5.41) is 0. The summed E-state index contributed by atoms with van der Waals surface area (Å²) in [7, 11) is 4.26. The number of nitrogens with zero attached hydrogens (tertiary/aromatic N) is 2. The minimum absolute atomic E-state index is 0.433. The molecule has 112 valence electrons. The van der Waals surface area contributed by atoms with Gasteiger partial charge >= 0.3 is 0 Å². The molecule has 0 aliphatic carbocycles. The largest absolute Gasteiger partial charge is 0.465 e. The Morgan fingerprint density at radius 1 is 1.35 bits per heavy atom. The fraction of sp³-hybridized carbons (Fsp3) is 0.750. The molecule has 0 spiro atoms. The first-order valence-corrected chi connectivity index (χ1v) is 7.66. The highest BCUT2D eigenvalue weighted by atomic mass is 16.5. The Morgan fingerprint density at radius 3 is 2.90 bits per heavy atom. The lowest BCUT2D eigenvalue weighted by atomic mass is 9.84. The lowest BCUT2D eigenvalue weighted by molar-refractivity contribution is 0.0621. The minimum atomic E-state index is 0.433. The molecule has 0 saturated carbocycles. The van der Waals surface area contributed by atoms with Gasteiger partial charge in [0.1, 0.15) is 11.5 Å². The van der Waals surface area contributed by atoms with Crippen LogP contribution in [0.25, 0.3) is 0 Å². The third-order valence-electron chi connectivity index (χ3n) is 4.60. The number of hydrogen-bond acceptors (Lipinski definition) is 4. The van der Waals surface area contributed by atoms with Crippen LogP contribution < -0.4 is 0 Å². The highest BCUT2D eigenvalue weighted by Crippen LogP contribution is 2.35. The Kier molecular flexibility index (Phi) is 4.15. The third kappa shape index (κ3) is 3.08. The molecular weight excluding hydrogens is 252 g/mol. The lowest BCUT2D eigenvalue weighted by Crippen LogP contribution is -2.42. The normalized spacial score (nSPS) is 30.9. The number of furan rings is 1. The summed E-state index contributed by atoms with van der Waals surface area (Å²) in [5.41, 5.74) is 0. The Morgan fingerprint density at radius 2 is 2.20 bits per heavy atom. The maximum atomic E-state index is 6.02. The molecule has 4 nitrogen and oxygen atoms in total. The van der Waals surface area contributed by atoms with Crippen LogP contribution >= 0.6 is 0 Å². The van der Waals surface area contributed by atoms with E-state index < -0.39 is 0 Å². The number of fused-ring (bicyclic) bond motifs is 1. The number of likely N-dealkylation sites (N-methyl/N-ethyl adjacent to an activating group) is 1. The smallest absolute Gasteiger partial charge is 0.118 e. The van der Waals surface area contributed by atoms with Gasteiger partial charge in [-0.2, -0.15) is 0 Å². The number of hydrogen-bond donors (Lipinski definition) is 0. The molecule has 3 heterocycles. The average Bonchev–Trinajstić information content (AvgIpc) is 2.96. The van der Waals surface area contributed by atoms with Crippen LogP contribution in [-0.2, 0) is 11.3 Å². The highest BCUT2D eigenvalue weighted by Gasteiger charge is 2.40. The van der Waals surface area contributed by atoms with Gasteiger partial charge in [0.2, 0.25) is 0 Å². The second-order valence-electron chi connectivity index (χ2n) is 6.59. The number of ether oxygens (including phenoxy) is 1. The Balaban J connectivity index is 1.55. The van der Waals surface area contributed by atoms with E-state index in [9.17, 15) is 0 Å². The monoisotopic (exact) mass is 278 g/mol. The molecular formula is C16H26N2O2. The number of rotatable bonds is 4. The molecule has 0 amide bonds. The van der Waals surface area contributed by atoms with E-state index in [0.29, 0.717) is 12.0 Å². The summed E-state index contributed by atoms with van der Waals surface area (Å²) in [6, 6.07) is 4.15. The SMILES string of the molecule is Cc1ccc(CN2CC[C@H]3[C@H](CO[C@H]3CN(C)C)C2)o1. The van der Waals surface area contributed by atoms with Crippen molar-refractivity contribution < 1.29 is 9.15 Å². The third-order valence-corrected chi connectivity index (χ3v) is 4.60. The molecule has 1 aromatic rings. The summed E-state index contributed by atoms with van der Waals surface area (Å²) < 4.78 is 11.7. The van der Waals surface area contributed by atoms with Crippen LogP contribution in [0.15, 0.2) is 16.5 Å². The van der Waals surface area contributed by atoms with E-state index in [4.69, 9.17) is 9.15 Å². The summed E-state index contributed by atoms with van der Waals surface area (Å²) in [6.45, 7) is 7.24. The van der Waals surface area contributed by atoms with Crippen LogP contribution in [0.1, 0.15) is 17.9 Å². The maximum absolute atomic E-state index is 6.02. The van der Waals surface area contributed by atoms with Crippen molar-refractivity contribution in [3.05, 3.63) is 23.7 Å². The van der Waals surface area contributed by atoms with E-state index in [1.54, 1.807) is 0 Å². The van der Waals surface area contributed by atoms with Gasteiger partial charge < -0.3 is 14.1 Å². The second-order valence-corrected chi connectivity index (χ2v) is 6.59. The van der Waals surface area contributed by atoms with Gasteiger partial charge in [0.15, 0.2) is 0 Å². The molecule has 2 saturated heterocycles. The van der Waals surface area contributed by atoms with Crippen molar-refractivity contribution in [1.29, 1.82) is 0 Å². The fourth-order valence-corrected chi connectivity index (χ4v) is 3.64. The predicted molar refractivity (Wildman–Crippen MR) is 78.6 cm³/mol. The van der Waals surface area contributed by atoms with E-state index in [1.165, 1.54) is 6.42 Å². The lowest BCUT2D eigenvalue weighted by Gasteiger charge is -2.35. The van der Waals surface area contributed by atoms with Crippen LogP contribution in [0.3, 0.4) is 0 Å². The first-order valence-electron chi connectivity index (χ1n) is 7.66. The van der Waals surface area contributed by atoms with Crippen molar-refractivity contribution in [2.45, 2.75) is 26.0 Å². The molecule has 2 aliphatic rings. The van der Waals surface area contributed by atoms with Gasteiger partial charge in [-0.1, -0.05) is 0 Å². The topological polar surface area (TPSA) is 28.9 Å². The van der Waals surface area contributed by atoms with E-state index in [-0.39, 0.29) is 0 Å². The van der Waals surface area contributed by atoms with Crippen LogP contribution in [-0.4, -0.2) is 56.2 Å². The molecule has 3 atom stereocenters. The van der Waals surface area contributed by atoms with Gasteiger partial charge in [-0.25, -0.2) is 0 Å². The number of piperidine rings is 1. The van der Waals surface area contributed by atoms with E-state index in [2.05, 4.69) is 30.0 Å². The molecule has 1 aromatic heterocycles. The van der Waals surface area contributed by atoms with Crippen molar-refractivity contribution in [2.24, 2.45) is 11.8 Å². The van der Waals surface area contributed by atoms with E-state index >= 15 is 0 Å². The summed E-state index contributed by atoms with van der Waals surface area (Å²) >= 11 is 0. The average molecular weight is 278 g/mol. The first-order chi connectivity index (χ1) is 9.61. The molecule has 0 aromatic carbocycles. The van der Waals surface area contributed by atoms with Gasteiger partial charge in [-0.15, -0.1) is 0 Å². The number of aryl methyl sites for hydroxylation is 1. The molecule has 3 rings (SSSR count). The second kappa shape index (κ2) is 5.88. The molecule has 0 unspecified atom stereocenters. The van der Waals surface area contributed by atoms with Crippen LogP contribution in [0.4, 0.5) is 0 Å². The van der Waals surface area contributed by atoms with Gasteiger partial charge in [-0.05, 0) is 52.0 Å². The zero-order valence-corrected chi connectivity index (χ0v) is 12.8. The molecule has 20 heavy (non-hydrogen) atoms. The molecule has 4 heteroatoms. The summed E-state index contributed by atoms with van der Waals surface area (Å²) in [5.74, 6) is 3.53. The Labute approximate surface area is 121 Å².